The van der Waals surface area contributed by atoms with E-state index in [0.717, 1.165) is 11.4 Å². The lowest BCUT2D eigenvalue weighted by atomic mass is 10.2. The molecule has 0 spiro atoms. The molecule has 0 radical (unpaired) electrons. The van der Waals surface area contributed by atoms with Gasteiger partial charge in [-0.2, -0.15) is 0 Å². The van der Waals surface area contributed by atoms with Crippen LogP contribution >= 0.6 is 11.8 Å². The molecule has 3 rings (SSSR count). The highest BCUT2D eigenvalue weighted by molar-refractivity contribution is 7.99. The zero-order valence-electron chi connectivity index (χ0n) is 16.6. The lowest BCUT2D eigenvalue weighted by Crippen LogP contribution is -2.15. The van der Waals surface area contributed by atoms with Crippen molar-refractivity contribution in [2.24, 2.45) is 0 Å². The highest BCUT2D eigenvalue weighted by Gasteiger charge is 2.15. The molecule has 7 nitrogen and oxygen atoms in total. The summed E-state index contributed by atoms with van der Waals surface area (Å²) in [6.45, 7) is 6.37. The monoisotopic (exact) mass is 422 g/mol. The molecule has 3 aromatic rings. The van der Waals surface area contributed by atoms with Gasteiger partial charge in [0.15, 0.2) is 11.0 Å². The Morgan fingerprint density at radius 1 is 1.17 bits per heavy atom. The average molecular weight is 423 g/mol. The number of nitrogens with zero attached hydrogens (tertiary/aromatic N) is 3. The SMILES string of the molecule is C=CCn1c(SCC(=O)Nc2cccc(C(=O)OCC)c2)nnc1-c1ccccc1. The van der Waals surface area contributed by atoms with E-state index in [1.165, 1.54) is 11.8 Å². The van der Waals surface area contributed by atoms with Crippen LogP contribution in [-0.2, 0) is 16.1 Å². The zero-order valence-corrected chi connectivity index (χ0v) is 17.4. The minimum Gasteiger partial charge on any atom is -0.462 e. The van der Waals surface area contributed by atoms with Crippen LogP contribution in [0.1, 0.15) is 17.3 Å². The van der Waals surface area contributed by atoms with Gasteiger partial charge in [0.05, 0.1) is 17.9 Å². The number of hydrogen-bond donors (Lipinski definition) is 1. The summed E-state index contributed by atoms with van der Waals surface area (Å²) in [7, 11) is 0. The topological polar surface area (TPSA) is 86.1 Å². The number of carbonyl (C=O) groups excluding carboxylic acids is 2. The molecule has 1 heterocycles. The normalized spacial score (nSPS) is 10.4. The Morgan fingerprint density at radius 2 is 1.97 bits per heavy atom. The molecular weight excluding hydrogens is 400 g/mol. The Labute approximate surface area is 179 Å². The smallest absolute Gasteiger partial charge is 0.338 e. The first kappa shape index (κ1) is 21.3. The van der Waals surface area contributed by atoms with Crippen molar-refractivity contribution in [3.8, 4) is 11.4 Å². The van der Waals surface area contributed by atoms with Crippen molar-refractivity contribution in [1.82, 2.24) is 14.8 Å². The van der Waals surface area contributed by atoms with E-state index >= 15 is 0 Å². The van der Waals surface area contributed by atoms with Gasteiger partial charge in [0.2, 0.25) is 5.91 Å². The van der Waals surface area contributed by atoms with Gasteiger partial charge < -0.3 is 10.1 Å². The van der Waals surface area contributed by atoms with Crippen LogP contribution in [0.15, 0.2) is 72.4 Å². The summed E-state index contributed by atoms with van der Waals surface area (Å²) >= 11 is 1.29. The predicted octanol–water partition coefficient (Wildman–Crippen LogP) is 4.04. The summed E-state index contributed by atoms with van der Waals surface area (Å²) in [5.41, 5.74) is 1.86. The number of ether oxygens (including phenoxy) is 1. The summed E-state index contributed by atoms with van der Waals surface area (Å²) < 4.78 is 6.90. The number of esters is 1. The molecule has 0 aliphatic carbocycles. The summed E-state index contributed by atoms with van der Waals surface area (Å²) in [4.78, 5) is 24.3. The third-order valence-electron chi connectivity index (χ3n) is 4.05. The van der Waals surface area contributed by atoms with Crippen LogP contribution in [0, 0.1) is 0 Å². The van der Waals surface area contributed by atoms with Gasteiger partial charge in [-0.05, 0) is 25.1 Å². The van der Waals surface area contributed by atoms with Gasteiger partial charge in [0.25, 0.3) is 0 Å². The van der Waals surface area contributed by atoms with Crippen LogP contribution in [-0.4, -0.2) is 39.0 Å². The minimum atomic E-state index is -0.422. The van der Waals surface area contributed by atoms with Gasteiger partial charge in [-0.1, -0.05) is 54.2 Å². The molecule has 0 aliphatic rings. The number of nitrogens with one attached hydrogen (secondary N) is 1. The molecule has 2 aromatic carbocycles. The van der Waals surface area contributed by atoms with Crippen molar-refractivity contribution in [3.05, 3.63) is 72.8 Å². The molecule has 0 saturated carbocycles. The molecule has 0 atom stereocenters. The van der Waals surface area contributed by atoms with Crippen LogP contribution in [0.3, 0.4) is 0 Å². The molecule has 0 aliphatic heterocycles. The second-order valence-electron chi connectivity index (χ2n) is 6.21. The molecule has 0 bridgehead atoms. The number of benzene rings is 2. The Morgan fingerprint density at radius 3 is 2.70 bits per heavy atom. The van der Waals surface area contributed by atoms with Crippen molar-refractivity contribution in [3.63, 3.8) is 0 Å². The maximum absolute atomic E-state index is 12.4. The van der Waals surface area contributed by atoms with Gasteiger partial charge in [0, 0.05) is 17.8 Å². The van der Waals surface area contributed by atoms with E-state index in [-0.39, 0.29) is 11.7 Å². The number of hydrogen-bond acceptors (Lipinski definition) is 6. The van der Waals surface area contributed by atoms with E-state index in [2.05, 4.69) is 22.1 Å². The van der Waals surface area contributed by atoms with Crippen molar-refractivity contribution < 1.29 is 14.3 Å². The first-order valence-corrected chi connectivity index (χ1v) is 10.4. The van der Waals surface area contributed by atoms with Crippen LogP contribution in [0.2, 0.25) is 0 Å². The maximum atomic E-state index is 12.4. The maximum Gasteiger partial charge on any atom is 0.338 e. The second-order valence-corrected chi connectivity index (χ2v) is 7.15. The Kier molecular flexibility index (Phi) is 7.40. The Hall–Kier alpha value is -3.39. The van der Waals surface area contributed by atoms with E-state index in [4.69, 9.17) is 4.74 Å². The highest BCUT2D eigenvalue weighted by atomic mass is 32.2. The second kappa shape index (κ2) is 10.4. The highest BCUT2D eigenvalue weighted by Crippen LogP contribution is 2.24. The third-order valence-corrected chi connectivity index (χ3v) is 5.02. The molecule has 1 N–H and O–H groups in total. The number of allylic oxidation sites excluding steroid dienone is 1. The van der Waals surface area contributed by atoms with E-state index in [1.807, 2.05) is 34.9 Å². The fourth-order valence-electron chi connectivity index (χ4n) is 2.76. The summed E-state index contributed by atoms with van der Waals surface area (Å²) in [5, 5.41) is 11.9. The molecule has 30 heavy (non-hydrogen) atoms. The standard InChI is InChI=1S/C22H22N4O3S/c1-3-13-26-20(16-9-6-5-7-10-16)24-25-22(26)30-15-19(27)23-18-12-8-11-17(14-18)21(28)29-4-2/h3,5-12,14H,1,4,13,15H2,2H3,(H,23,27). The lowest BCUT2D eigenvalue weighted by molar-refractivity contribution is -0.113. The van der Waals surface area contributed by atoms with Crippen molar-refractivity contribution in [2.45, 2.75) is 18.6 Å². The summed E-state index contributed by atoms with van der Waals surface area (Å²) in [6, 6.07) is 16.4. The van der Waals surface area contributed by atoms with E-state index in [9.17, 15) is 9.59 Å². The third kappa shape index (κ3) is 5.36. The quantitative estimate of drug-likeness (QED) is 0.318. The molecule has 1 aromatic heterocycles. The van der Waals surface area contributed by atoms with Crippen molar-refractivity contribution >= 4 is 29.3 Å². The fourth-order valence-corrected chi connectivity index (χ4v) is 3.50. The number of aromatic nitrogens is 3. The molecule has 0 fully saturated rings. The number of amides is 1. The summed E-state index contributed by atoms with van der Waals surface area (Å²) in [6.07, 6.45) is 1.76. The van der Waals surface area contributed by atoms with Gasteiger partial charge >= 0.3 is 5.97 Å². The molecule has 1 amide bonds. The fraction of sp³-hybridized carbons (Fsp3) is 0.182. The lowest BCUT2D eigenvalue weighted by Gasteiger charge is -2.09. The van der Waals surface area contributed by atoms with Crippen LogP contribution < -0.4 is 5.32 Å². The van der Waals surface area contributed by atoms with Gasteiger partial charge in [-0.15, -0.1) is 16.8 Å². The summed E-state index contributed by atoms with van der Waals surface area (Å²) in [5.74, 6) is 0.234. The van der Waals surface area contributed by atoms with Crippen LogP contribution in [0.4, 0.5) is 5.69 Å². The Balaban J connectivity index is 1.66. The molecular formula is C22H22N4O3S. The Bertz CT molecular complexity index is 1030. The molecule has 0 saturated heterocycles. The van der Waals surface area contributed by atoms with Gasteiger partial charge in [0.1, 0.15) is 0 Å². The van der Waals surface area contributed by atoms with E-state index in [0.29, 0.717) is 29.6 Å². The largest absolute Gasteiger partial charge is 0.462 e. The molecule has 0 unspecified atom stereocenters. The predicted molar refractivity (Wildman–Crippen MR) is 117 cm³/mol. The van der Waals surface area contributed by atoms with Crippen molar-refractivity contribution in [2.75, 3.05) is 17.7 Å². The number of thioether (sulfide) groups is 1. The van der Waals surface area contributed by atoms with Crippen molar-refractivity contribution in [1.29, 1.82) is 0 Å². The van der Waals surface area contributed by atoms with E-state index in [1.54, 1.807) is 37.3 Å². The first-order chi connectivity index (χ1) is 14.6. The zero-order chi connectivity index (χ0) is 21.3. The first-order valence-electron chi connectivity index (χ1n) is 9.41. The number of carbonyl (C=O) groups is 2. The average Bonchev–Trinajstić information content (AvgIpc) is 3.16. The molecule has 8 heteroatoms. The molecule has 154 valence electrons. The number of anilines is 1. The number of rotatable bonds is 9. The van der Waals surface area contributed by atoms with Crippen LogP contribution in [0.5, 0.6) is 0 Å². The van der Waals surface area contributed by atoms with E-state index < -0.39 is 5.97 Å². The van der Waals surface area contributed by atoms with Gasteiger partial charge in [-0.3, -0.25) is 9.36 Å². The van der Waals surface area contributed by atoms with Crippen LogP contribution in [0.25, 0.3) is 11.4 Å². The van der Waals surface area contributed by atoms with Gasteiger partial charge in [-0.25, -0.2) is 4.79 Å². The minimum absolute atomic E-state index is 0.147.